The molecule has 10 nitrogen and oxygen atoms in total. The average Bonchev–Trinajstić information content (AvgIpc) is 3.06. The van der Waals surface area contributed by atoms with Crippen molar-refractivity contribution < 1.29 is 8.42 Å². The third-order valence-corrected chi connectivity index (χ3v) is 10.5. The van der Waals surface area contributed by atoms with Gasteiger partial charge in [0.05, 0.1) is 4.90 Å². The topological polar surface area (TPSA) is 124 Å². The zero-order chi connectivity index (χ0) is 33.2. The maximum absolute atomic E-state index is 13.2. The zero-order valence-electron chi connectivity index (χ0n) is 28.2. The van der Waals surface area contributed by atoms with Gasteiger partial charge >= 0.3 is 0 Å². The van der Waals surface area contributed by atoms with Crippen LogP contribution in [0.2, 0.25) is 0 Å². The first kappa shape index (κ1) is 34.4. The third kappa shape index (κ3) is 9.54. The molecule has 4 aromatic rings. The minimum atomic E-state index is -3.63. The highest BCUT2D eigenvalue weighted by Crippen LogP contribution is 2.30. The Labute approximate surface area is 280 Å². The number of benzene rings is 3. The molecule has 252 valence electrons. The number of sulfonamides is 1. The predicted octanol–water partition coefficient (Wildman–Crippen LogP) is 6.95. The molecule has 4 N–H and O–H groups in total. The Hall–Kier alpha value is -3.96. The molecule has 0 amide bonds. The van der Waals surface area contributed by atoms with E-state index >= 15 is 0 Å². The first-order valence-corrected chi connectivity index (χ1v) is 18.4. The van der Waals surface area contributed by atoms with Crippen molar-refractivity contribution in [3.63, 3.8) is 0 Å². The highest BCUT2D eigenvalue weighted by atomic mass is 32.2. The number of unbranched alkanes of at least 4 members (excludes halogenated alkanes) is 3. The summed E-state index contributed by atoms with van der Waals surface area (Å²) in [6, 6.07) is 20.0. The molecule has 0 saturated heterocycles. The largest absolute Gasteiger partial charge is 0.377 e. The second-order valence-electron chi connectivity index (χ2n) is 12.9. The van der Waals surface area contributed by atoms with Crippen molar-refractivity contribution in [1.29, 1.82) is 0 Å². The molecule has 0 radical (unpaired) electrons. The summed E-state index contributed by atoms with van der Waals surface area (Å²) in [5.74, 6) is 2.28. The summed E-state index contributed by atoms with van der Waals surface area (Å²) in [5, 5.41) is 12.0. The summed E-state index contributed by atoms with van der Waals surface area (Å²) in [7, 11) is 0.298. The second-order valence-corrected chi connectivity index (χ2v) is 14.7. The Morgan fingerprint density at radius 3 is 2.17 bits per heavy atom. The van der Waals surface area contributed by atoms with Gasteiger partial charge in [-0.05, 0) is 56.2 Å². The molecule has 2 unspecified atom stereocenters. The molecule has 0 aliphatic heterocycles. The van der Waals surface area contributed by atoms with Crippen LogP contribution in [0.4, 0.5) is 23.5 Å². The number of anilines is 4. The molecule has 47 heavy (non-hydrogen) atoms. The number of rotatable bonds is 16. The molecule has 0 spiro atoms. The number of hydrogen-bond donors (Lipinski definition) is 4. The van der Waals surface area contributed by atoms with Crippen molar-refractivity contribution in [2.45, 2.75) is 82.7 Å². The van der Waals surface area contributed by atoms with E-state index in [9.17, 15) is 8.42 Å². The monoisotopic (exact) mass is 658 g/mol. The van der Waals surface area contributed by atoms with Gasteiger partial charge in [-0.25, -0.2) is 13.1 Å². The molecule has 1 aromatic heterocycles. The lowest BCUT2D eigenvalue weighted by molar-refractivity contribution is 0.348. The fraction of sp³-hybridized carbons (Fsp3) is 0.472. The number of aromatic nitrogens is 3. The highest BCUT2D eigenvalue weighted by Gasteiger charge is 2.22. The van der Waals surface area contributed by atoms with E-state index in [1.165, 1.54) is 30.4 Å². The number of nitrogens with zero attached hydrogens (tertiary/aromatic N) is 4. The van der Waals surface area contributed by atoms with Gasteiger partial charge in [0.15, 0.2) is 0 Å². The van der Waals surface area contributed by atoms with Gasteiger partial charge in [-0.1, -0.05) is 86.7 Å². The number of aryl methyl sites for hydroxylation is 1. The molecule has 1 aliphatic rings. The van der Waals surface area contributed by atoms with Crippen molar-refractivity contribution >= 4 is 44.3 Å². The minimum Gasteiger partial charge on any atom is -0.377 e. The number of fused-ring (bicyclic) bond motifs is 1. The van der Waals surface area contributed by atoms with Crippen molar-refractivity contribution in [1.82, 2.24) is 19.7 Å². The van der Waals surface area contributed by atoms with Gasteiger partial charge in [-0.15, -0.1) is 0 Å². The van der Waals surface area contributed by atoms with Crippen LogP contribution in [-0.4, -0.2) is 56.6 Å². The number of hydrogen-bond acceptors (Lipinski definition) is 9. The van der Waals surface area contributed by atoms with E-state index in [0.29, 0.717) is 47.8 Å². The molecule has 1 fully saturated rings. The minimum absolute atomic E-state index is 0.319. The van der Waals surface area contributed by atoms with Crippen molar-refractivity contribution in [2.75, 3.05) is 48.0 Å². The summed E-state index contributed by atoms with van der Waals surface area (Å²) in [6.07, 6.45) is 8.40. The lowest BCUT2D eigenvalue weighted by Gasteiger charge is -2.29. The first-order valence-electron chi connectivity index (χ1n) is 16.9. The third-order valence-electron chi connectivity index (χ3n) is 8.94. The van der Waals surface area contributed by atoms with E-state index in [1.807, 2.05) is 49.3 Å². The van der Waals surface area contributed by atoms with E-state index in [0.717, 1.165) is 55.1 Å². The van der Waals surface area contributed by atoms with Gasteiger partial charge in [0.2, 0.25) is 27.9 Å². The summed E-state index contributed by atoms with van der Waals surface area (Å²) >= 11 is 0. The van der Waals surface area contributed by atoms with Crippen LogP contribution < -0.4 is 25.6 Å². The standard InChI is InChI=1S/C36H50N8O2S/c1-26-19-21-28(22-20-26)25-38-35-41-34(42-36(43-35)40-31-16-8-7-13-27(31)2)37-23-9-5-6-10-24-39-47(45,46)33-18-12-14-29-30(33)15-11-17-32(29)44(3)4/h11-12,14-15,17-22,27,31,39H,5-10,13,16,23-25H2,1-4H3,(H3,37,38,40,41,42,43). The van der Waals surface area contributed by atoms with Gasteiger partial charge in [0.25, 0.3) is 0 Å². The lowest BCUT2D eigenvalue weighted by atomic mass is 9.86. The zero-order valence-corrected chi connectivity index (χ0v) is 29.0. The normalized spacial score (nSPS) is 16.6. The van der Waals surface area contributed by atoms with Crippen molar-refractivity contribution in [3.05, 3.63) is 71.8 Å². The Balaban J connectivity index is 1.10. The van der Waals surface area contributed by atoms with E-state index < -0.39 is 10.0 Å². The second kappa shape index (κ2) is 16.2. The molecule has 2 atom stereocenters. The lowest BCUT2D eigenvalue weighted by Crippen LogP contribution is -2.31. The Morgan fingerprint density at radius 1 is 0.766 bits per heavy atom. The summed E-state index contributed by atoms with van der Waals surface area (Å²) in [4.78, 5) is 16.4. The van der Waals surface area contributed by atoms with Gasteiger partial charge < -0.3 is 20.9 Å². The molecule has 5 rings (SSSR count). The fourth-order valence-electron chi connectivity index (χ4n) is 6.16. The number of nitrogens with one attached hydrogen (secondary N) is 4. The summed E-state index contributed by atoms with van der Waals surface area (Å²) in [6.45, 7) is 6.13. The van der Waals surface area contributed by atoms with Gasteiger partial charge in [-0.3, -0.25) is 0 Å². The first-order chi connectivity index (χ1) is 22.7. The predicted molar refractivity (Wildman–Crippen MR) is 194 cm³/mol. The molecule has 0 bridgehead atoms. The van der Waals surface area contributed by atoms with Crippen LogP contribution in [0.3, 0.4) is 0 Å². The molecular formula is C36H50N8O2S. The molecule has 1 aliphatic carbocycles. The maximum atomic E-state index is 13.2. The Morgan fingerprint density at radius 2 is 1.43 bits per heavy atom. The molecule has 1 saturated carbocycles. The Kier molecular flexibility index (Phi) is 11.9. The van der Waals surface area contributed by atoms with Gasteiger partial charge in [0.1, 0.15) is 0 Å². The highest BCUT2D eigenvalue weighted by molar-refractivity contribution is 7.89. The maximum Gasteiger partial charge on any atom is 0.241 e. The van der Waals surface area contributed by atoms with Crippen LogP contribution in [0.1, 0.15) is 69.4 Å². The molecule has 11 heteroatoms. The van der Waals surface area contributed by atoms with Gasteiger partial charge in [-0.2, -0.15) is 15.0 Å². The van der Waals surface area contributed by atoms with E-state index in [-0.39, 0.29) is 0 Å². The molecule has 1 heterocycles. The Bertz CT molecular complexity index is 1710. The van der Waals surface area contributed by atoms with Gasteiger partial charge in [0, 0.05) is 56.2 Å². The van der Waals surface area contributed by atoms with Crippen molar-refractivity contribution in [2.24, 2.45) is 5.92 Å². The van der Waals surface area contributed by atoms with Crippen LogP contribution in [0.5, 0.6) is 0 Å². The summed E-state index contributed by atoms with van der Waals surface area (Å²) in [5.41, 5.74) is 3.39. The quantitative estimate of drug-likeness (QED) is 0.0947. The van der Waals surface area contributed by atoms with Crippen LogP contribution in [0, 0.1) is 12.8 Å². The van der Waals surface area contributed by atoms with Crippen LogP contribution >= 0.6 is 0 Å². The molecule has 3 aromatic carbocycles. The van der Waals surface area contributed by atoms with E-state index in [4.69, 9.17) is 9.97 Å². The van der Waals surface area contributed by atoms with Crippen molar-refractivity contribution in [3.8, 4) is 0 Å². The van der Waals surface area contributed by atoms with Crippen LogP contribution in [0.15, 0.2) is 65.6 Å². The van der Waals surface area contributed by atoms with Crippen LogP contribution in [-0.2, 0) is 16.6 Å². The SMILES string of the molecule is Cc1ccc(CNc2nc(NCCCCCCNS(=O)(=O)c3cccc4c(N(C)C)cccc34)nc(NC3CCCCC3C)n2)cc1. The van der Waals surface area contributed by atoms with Crippen LogP contribution in [0.25, 0.3) is 10.8 Å². The average molecular weight is 659 g/mol. The summed E-state index contributed by atoms with van der Waals surface area (Å²) < 4.78 is 29.2. The molecular weight excluding hydrogens is 609 g/mol. The fourth-order valence-corrected chi connectivity index (χ4v) is 7.45. The smallest absolute Gasteiger partial charge is 0.241 e. The van der Waals surface area contributed by atoms with E-state index in [1.54, 1.807) is 6.07 Å². The van der Waals surface area contributed by atoms with E-state index in [2.05, 4.69) is 63.8 Å².